The van der Waals surface area contributed by atoms with E-state index in [1.54, 1.807) is 18.3 Å². The van der Waals surface area contributed by atoms with Gasteiger partial charge in [0.25, 0.3) is 0 Å². The van der Waals surface area contributed by atoms with Gasteiger partial charge in [0.1, 0.15) is 12.7 Å². The van der Waals surface area contributed by atoms with E-state index in [0.29, 0.717) is 35.8 Å². The molecule has 1 unspecified atom stereocenters. The highest BCUT2D eigenvalue weighted by atomic mass is 35.5. The summed E-state index contributed by atoms with van der Waals surface area (Å²) in [4.78, 5) is 6.17. The van der Waals surface area contributed by atoms with Crippen molar-refractivity contribution in [3.8, 4) is 5.75 Å². The summed E-state index contributed by atoms with van der Waals surface area (Å²) >= 11 is 11.9. The Hall–Kier alpha value is -2.67. The molecule has 31 heavy (non-hydrogen) atoms. The number of rotatable bonds is 6. The van der Waals surface area contributed by atoms with Crippen molar-refractivity contribution in [1.82, 2.24) is 15.2 Å². The van der Waals surface area contributed by atoms with E-state index >= 15 is 0 Å². The molecule has 0 saturated carbocycles. The Morgan fingerprint density at radius 2 is 1.77 bits per heavy atom. The van der Waals surface area contributed by atoms with Crippen molar-refractivity contribution >= 4 is 28.9 Å². The lowest BCUT2D eigenvalue weighted by Crippen LogP contribution is -2.51. The normalized spacial score (nSPS) is 16.2. The second kappa shape index (κ2) is 10.6. The summed E-state index contributed by atoms with van der Waals surface area (Å²) < 4.78 is 11.7. The van der Waals surface area contributed by atoms with Crippen LogP contribution in [-0.2, 0) is 4.74 Å². The molecule has 1 fully saturated rings. The van der Waals surface area contributed by atoms with E-state index in [9.17, 15) is 0 Å². The van der Waals surface area contributed by atoms with E-state index in [1.807, 2.05) is 36.4 Å². The predicted molar refractivity (Wildman–Crippen MR) is 127 cm³/mol. The van der Waals surface area contributed by atoms with Gasteiger partial charge >= 0.3 is 0 Å². The molecular weight excluding hydrogens is 430 g/mol. The number of nitrogens with zero attached hydrogens (tertiary/aromatic N) is 2. The first-order chi connectivity index (χ1) is 15.2. The van der Waals surface area contributed by atoms with Gasteiger partial charge in [0, 0.05) is 19.3 Å². The van der Waals surface area contributed by atoms with Crippen LogP contribution >= 0.6 is 23.8 Å². The van der Waals surface area contributed by atoms with Gasteiger partial charge in [-0.1, -0.05) is 72.3 Å². The number of pyridine rings is 1. The van der Waals surface area contributed by atoms with E-state index in [1.165, 1.54) is 0 Å². The second-order valence-corrected chi connectivity index (χ2v) is 7.99. The third kappa shape index (κ3) is 5.73. The lowest BCUT2D eigenvalue weighted by molar-refractivity contribution is -0.0289. The Morgan fingerprint density at radius 1 is 1.10 bits per heavy atom. The molecule has 4 rings (SSSR count). The quantitative estimate of drug-likeness (QED) is 0.438. The number of thiocarbonyl (C=S) groups is 1. The summed E-state index contributed by atoms with van der Waals surface area (Å²) in [6, 6.07) is 24.2. The molecule has 0 radical (unpaired) electrons. The molecule has 1 atom stereocenters. The lowest BCUT2D eigenvalue weighted by atomic mass is 9.99. The zero-order valence-electron chi connectivity index (χ0n) is 17.0. The molecule has 0 aliphatic carbocycles. The molecule has 160 valence electrons. The van der Waals surface area contributed by atoms with E-state index in [0.717, 1.165) is 17.7 Å². The molecule has 1 N–H and O–H groups in total. The maximum absolute atomic E-state index is 6.08. The summed E-state index contributed by atoms with van der Waals surface area (Å²) in [7, 11) is 0. The highest BCUT2D eigenvalue weighted by Gasteiger charge is 2.25. The minimum absolute atomic E-state index is 0.0263. The number of halogens is 1. The minimum atomic E-state index is -0.114. The van der Waals surface area contributed by atoms with Crippen molar-refractivity contribution in [2.24, 2.45) is 0 Å². The third-order valence-electron chi connectivity index (χ3n) is 5.11. The molecule has 5 nitrogen and oxygen atoms in total. The maximum atomic E-state index is 6.08. The predicted octanol–water partition coefficient (Wildman–Crippen LogP) is 4.48. The topological polar surface area (TPSA) is 46.6 Å². The molecule has 2 aromatic carbocycles. The fourth-order valence-corrected chi connectivity index (χ4v) is 3.99. The first-order valence-corrected chi connectivity index (χ1v) is 11.0. The fourth-order valence-electron chi connectivity index (χ4n) is 3.53. The number of aromatic nitrogens is 1. The van der Waals surface area contributed by atoms with Gasteiger partial charge in [-0.2, -0.15) is 0 Å². The lowest BCUT2D eigenvalue weighted by Gasteiger charge is -2.36. The van der Waals surface area contributed by atoms with Crippen molar-refractivity contribution in [2.45, 2.75) is 12.1 Å². The molecule has 1 saturated heterocycles. The largest absolute Gasteiger partial charge is 0.488 e. The average Bonchev–Trinajstić information content (AvgIpc) is 2.83. The van der Waals surface area contributed by atoms with E-state index in [4.69, 9.17) is 33.3 Å². The smallest absolute Gasteiger partial charge is 0.171 e. The van der Waals surface area contributed by atoms with Gasteiger partial charge in [-0.15, -0.1) is 0 Å². The zero-order chi connectivity index (χ0) is 21.5. The van der Waals surface area contributed by atoms with Crippen LogP contribution in [0, 0.1) is 0 Å². The van der Waals surface area contributed by atoms with Crippen LogP contribution < -0.4 is 10.1 Å². The minimum Gasteiger partial charge on any atom is -0.488 e. The van der Waals surface area contributed by atoms with Crippen LogP contribution in [-0.4, -0.2) is 47.4 Å². The van der Waals surface area contributed by atoms with Crippen LogP contribution in [0.1, 0.15) is 17.2 Å². The standard InChI is InChI=1S/C24H24ClN3O2S/c25-23-21(12-7-13-26-23)30-17-20-16-28(14-15-29-20)24(31)27-22(18-8-3-1-4-9-18)19-10-5-2-6-11-19/h1-13,20,22H,14-17H2,(H,27,31). The molecule has 0 bridgehead atoms. The summed E-state index contributed by atoms with van der Waals surface area (Å²) in [5, 5.41) is 4.60. The van der Waals surface area contributed by atoms with Crippen LogP contribution in [0.3, 0.4) is 0 Å². The van der Waals surface area contributed by atoms with Crippen molar-refractivity contribution in [2.75, 3.05) is 26.3 Å². The molecule has 7 heteroatoms. The SMILES string of the molecule is S=C(NC(c1ccccc1)c1ccccc1)N1CCOC(COc2cccnc2Cl)C1. The average molecular weight is 454 g/mol. The van der Waals surface area contributed by atoms with Gasteiger partial charge in [-0.3, -0.25) is 0 Å². The highest BCUT2D eigenvalue weighted by Crippen LogP contribution is 2.23. The third-order valence-corrected chi connectivity index (χ3v) is 5.77. The van der Waals surface area contributed by atoms with Gasteiger partial charge in [0.15, 0.2) is 16.0 Å². The van der Waals surface area contributed by atoms with Gasteiger partial charge in [0.2, 0.25) is 0 Å². The summed E-state index contributed by atoms with van der Waals surface area (Å²) in [5.41, 5.74) is 2.32. The van der Waals surface area contributed by atoms with Crippen LogP contribution in [0.2, 0.25) is 5.15 Å². The molecule has 0 amide bonds. The highest BCUT2D eigenvalue weighted by molar-refractivity contribution is 7.80. The molecule has 1 aromatic heterocycles. The fraction of sp³-hybridized carbons (Fsp3) is 0.250. The van der Waals surface area contributed by atoms with Crippen LogP contribution in [0.5, 0.6) is 5.75 Å². The van der Waals surface area contributed by atoms with Gasteiger partial charge in [-0.25, -0.2) is 4.98 Å². The van der Waals surface area contributed by atoms with Crippen LogP contribution in [0.15, 0.2) is 79.0 Å². The number of nitrogens with one attached hydrogen (secondary N) is 1. The van der Waals surface area contributed by atoms with Gasteiger partial charge in [-0.05, 0) is 35.5 Å². The van der Waals surface area contributed by atoms with E-state index in [2.05, 4.69) is 39.5 Å². The van der Waals surface area contributed by atoms with E-state index in [-0.39, 0.29) is 12.1 Å². The summed E-state index contributed by atoms with van der Waals surface area (Å²) in [5.74, 6) is 0.554. The molecular formula is C24H24ClN3O2S. The van der Waals surface area contributed by atoms with Gasteiger partial charge in [0.05, 0.1) is 12.6 Å². The summed E-state index contributed by atoms with van der Waals surface area (Å²) in [6.45, 7) is 2.33. The monoisotopic (exact) mass is 453 g/mol. The first kappa shape index (κ1) is 21.6. The maximum Gasteiger partial charge on any atom is 0.171 e. The number of benzene rings is 2. The number of ether oxygens (including phenoxy) is 2. The number of morpholine rings is 1. The Kier molecular flexibility index (Phi) is 7.35. The van der Waals surface area contributed by atoms with Crippen molar-refractivity contribution < 1.29 is 9.47 Å². The molecule has 3 aromatic rings. The first-order valence-electron chi connectivity index (χ1n) is 10.2. The zero-order valence-corrected chi connectivity index (χ0v) is 18.6. The van der Waals surface area contributed by atoms with Crippen molar-refractivity contribution in [3.05, 3.63) is 95.3 Å². The number of hydrogen-bond acceptors (Lipinski definition) is 4. The van der Waals surface area contributed by atoms with Gasteiger partial charge < -0.3 is 19.7 Å². The van der Waals surface area contributed by atoms with Crippen LogP contribution in [0.25, 0.3) is 0 Å². The Morgan fingerprint density at radius 3 is 2.42 bits per heavy atom. The Balaban J connectivity index is 1.41. The Bertz CT molecular complexity index is 951. The number of hydrogen-bond donors (Lipinski definition) is 1. The second-order valence-electron chi connectivity index (χ2n) is 7.25. The van der Waals surface area contributed by atoms with Crippen molar-refractivity contribution in [1.29, 1.82) is 0 Å². The Labute approximate surface area is 193 Å². The summed E-state index contributed by atoms with van der Waals surface area (Å²) in [6.07, 6.45) is 1.52. The molecule has 1 aliphatic rings. The van der Waals surface area contributed by atoms with Crippen molar-refractivity contribution in [3.63, 3.8) is 0 Å². The molecule has 1 aliphatic heterocycles. The molecule has 0 spiro atoms. The van der Waals surface area contributed by atoms with Crippen LogP contribution in [0.4, 0.5) is 0 Å². The van der Waals surface area contributed by atoms with E-state index < -0.39 is 0 Å². The molecule has 2 heterocycles.